The molecule has 1 atom stereocenters. The molecule has 0 radical (unpaired) electrons. The van der Waals surface area contributed by atoms with Gasteiger partial charge in [0.1, 0.15) is 5.82 Å². The SMILES string of the molecule is COC(=O)C(C)CN(Cc1ccc(F)cc1)C(=O)Cc1ccccc1[N+](=O)[O-]. The molecule has 0 spiro atoms. The van der Waals surface area contributed by atoms with E-state index >= 15 is 0 Å². The molecule has 0 N–H and O–H groups in total. The second-order valence-corrected chi connectivity index (χ2v) is 6.39. The number of nitro groups is 1. The van der Waals surface area contributed by atoms with Crippen molar-refractivity contribution >= 4 is 17.6 Å². The number of para-hydroxylation sites is 1. The molecule has 1 unspecified atom stereocenters. The highest BCUT2D eigenvalue weighted by Gasteiger charge is 2.24. The number of nitro benzene ring substituents is 1. The summed E-state index contributed by atoms with van der Waals surface area (Å²) in [5.74, 6) is -1.83. The van der Waals surface area contributed by atoms with E-state index < -0.39 is 22.6 Å². The fraction of sp³-hybridized carbons (Fsp3) is 0.300. The first-order valence-electron chi connectivity index (χ1n) is 8.64. The van der Waals surface area contributed by atoms with Gasteiger partial charge in [0.05, 0.1) is 24.4 Å². The number of methoxy groups -OCH3 is 1. The first-order chi connectivity index (χ1) is 13.3. The van der Waals surface area contributed by atoms with E-state index in [0.29, 0.717) is 5.56 Å². The summed E-state index contributed by atoms with van der Waals surface area (Å²) in [6, 6.07) is 11.7. The van der Waals surface area contributed by atoms with Crippen molar-refractivity contribution < 1.29 is 23.6 Å². The van der Waals surface area contributed by atoms with Gasteiger partial charge < -0.3 is 9.64 Å². The van der Waals surface area contributed by atoms with Gasteiger partial charge in [-0.2, -0.15) is 0 Å². The van der Waals surface area contributed by atoms with Crippen LogP contribution in [0.2, 0.25) is 0 Å². The fourth-order valence-corrected chi connectivity index (χ4v) is 2.78. The maximum Gasteiger partial charge on any atom is 0.310 e. The van der Waals surface area contributed by atoms with Crippen LogP contribution in [0.4, 0.5) is 10.1 Å². The van der Waals surface area contributed by atoms with Crippen molar-refractivity contribution in [2.45, 2.75) is 19.9 Å². The number of esters is 1. The van der Waals surface area contributed by atoms with E-state index in [1.54, 1.807) is 25.1 Å². The van der Waals surface area contributed by atoms with Crippen LogP contribution in [0.1, 0.15) is 18.1 Å². The number of benzene rings is 2. The molecule has 0 aromatic heterocycles. The average Bonchev–Trinajstić information content (AvgIpc) is 2.68. The Hall–Kier alpha value is -3.29. The third-order valence-electron chi connectivity index (χ3n) is 4.27. The van der Waals surface area contributed by atoms with Crippen molar-refractivity contribution in [3.8, 4) is 0 Å². The molecule has 0 bridgehead atoms. The molecule has 0 aliphatic heterocycles. The van der Waals surface area contributed by atoms with E-state index in [1.807, 2.05) is 0 Å². The molecule has 1 amide bonds. The lowest BCUT2D eigenvalue weighted by atomic mass is 10.1. The second-order valence-electron chi connectivity index (χ2n) is 6.39. The zero-order valence-electron chi connectivity index (χ0n) is 15.6. The molecule has 0 aliphatic rings. The van der Waals surface area contributed by atoms with Gasteiger partial charge >= 0.3 is 5.97 Å². The van der Waals surface area contributed by atoms with Gasteiger partial charge in [0.25, 0.3) is 5.69 Å². The molecule has 7 nitrogen and oxygen atoms in total. The molecule has 148 valence electrons. The maximum atomic E-state index is 13.1. The molecule has 0 aliphatic carbocycles. The Kier molecular flexibility index (Phi) is 7.20. The normalized spacial score (nSPS) is 11.5. The quantitative estimate of drug-likeness (QED) is 0.394. The van der Waals surface area contributed by atoms with Crippen LogP contribution in [-0.4, -0.2) is 35.4 Å². The van der Waals surface area contributed by atoms with Crippen LogP contribution in [0.25, 0.3) is 0 Å². The topological polar surface area (TPSA) is 89.8 Å². The van der Waals surface area contributed by atoms with Crippen molar-refractivity contribution in [1.82, 2.24) is 4.90 Å². The largest absolute Gasteiger partial charge is 0.469 e. The number of hydrogen-bond donors (Lipinski definition) is 0. The summed E-state index contributed by atoms with van der Waals surface area (Å²) in [6.07, 6.45) is -0.188. The van der Waals surface area contributed by atoms with E-state index in [2.05, 4.69) is 0 Å². The lowest BCUT2D eigenvalue weighted by Gasteiger charge is -2.25. The minimum absolute atomic E-state index is 0.0729. The van der Waals surface area contributed by atoms with Crippen LogP contribution in [0.15, 0.2) is 48.5 Å². The van der Waals surface area contributed by atoms with Gasteiger partial charge in [-0.3, -0.25) is 19.7 Å². The molecule has 8 heteroatoms. The van der Waals surface area contributed by atoms with Gasteiger partial charge in [-0.25, -0.2) is 4.39 Å². The smallest absolute Gasteiger partial charge is 0.310 e. The Labute approximate surface area is 161 Å². The third kappa shape index (κ3) is 5.60. The molecule has 28 heavy (non-hydrogen) atoms. The van der Waals surface area contributed by atoms with Gasteiger partial charge in [0.15, 0.2) is 0 Å². The van der Waals surface area contributed by atoms with Crippen molar-refractivity contribution in [2.24, 2.45) is 5.92 Å². The third-order valence-corrected chi connectivity index (χ3v) is 4.27. The Morgan fingerprint density at radius 3 is 2.43 bits per heavy atom. The molecular weight excluding hydrogens is 367 g/mol. The highest BCUT2D eigenvalue weighted by Crippen LogP contribution is 2.20. The van der Waals surface area contributed by atoms with Crippen LogP contribution in [0, 0.1) is 21.8 Å². The molecular formula is C20H21FN2O5. The van der Waals surface area contributed by atoms with Crippen LogP contribution < -0.4 is 0 Å². The predicted molar refractivity (Wildman–Crippen MR) is 99.8 cm³/mol. The van der Waals surface area contributed by atoms with Crippen LogP contribution in [-0.2, 0) is 27.3 Å². The van der Waals surface area contributed by atoms with Crippen molar-refractivity contribution in [2.75, 3.05) is 13.7 Å². The number of halogens is 1. The minimum Gasteiger partial charge on any atom is -0.469 e. The lowest BCUT2D eigenvalue weighted by Crippen LogP contribution is -2.37. The Morgan fingerprint density at radius 1 is 1.18 bits per heavy atom. The van der Waals surface area contributed by atoms with E-state index in [-0.39, 0.29) is 36.7 Å². The molecule has 2 aromatic rings. The summed E-state index contributed by atoms with van der Waals surface area (Å²) in [5.41, 5.74) is 0.820. The second kappa shape index (κ2) is 9.59. The molecule has 2 aromatic carbocycles. The number of carbonyl (C=O) groups is 2. The van der Waals surface area contributed by atoms with Crippen molar-refractivity contribution in [3.63, 3.8) is 0 Å². The summed E-state index contributed by atoms with van der Waals surface area (Å²) in [7, 11) is 1.26. The first kappa shape index (κ1) is 21.0. The van der Waals surface area contributed by atoms with Gasteiger partial charge in [-0.15, -0.1) is 0 Å². The van der Waals surface area contributed by atoms with Gasteiger partial charge in [-0.1, -0.05) is 37.3 Å². The standard InChI is InChI=1S/C20H21FN2O5/c1-14(20(25)28-2)12-22(13-15-7-9-17(21)10-8-15)19(24)11-16-5-3-4-6-18(16)23(26)27/h3-10,14H,11-13H2,1-2H3. The van der Waals surface area contributed by atoms with Gasteiger partial charge in [0.2, 0.25) is 5.91 Å². The number of ether oxygens (including phenoxy) is 1. The van der Waals surface area contributed by atoms with E-state index in [4.69, 9.17) is 4.74 Å². The molecule has 2 rings (SSSR count). The van der Waals surface area contributed by atoms with Gasteiger partial charge in [0, 0.05) is 24.7 Å². The summed E-state index contributed by atoms with van der Waals surface area (Å²) < 4.78 is 17.9. The summed E-state index contributed by atoms with van der Waals surface area (Å²) in [6.45, 7) is 1.84. The van der Waals surface area contributed by atoms with E-state index in [9.17, 15) is 24.1 Å². The number of nitrogens with zero attached hydrogens (tertiary/aromatic N) is 2. The monoisotopic (exact) mass is 388 g/mol. The van der Waals surface area contributed by atoms with Crippen LogP contribution in [0.5, 0.6) is 0 Å². The molecule has 0 heterocycles. The first-order valence-corrected chi connectivity index (χ1v) is 8.64. The molecule has 0 saturated carbocycles. The van der Waals surface area contributed by atoms with E-state index in [1.165, 1.54) is 42.3 Å². The minimum atomic E-state index is -0.583. The number of carbonyl (C=O) groups excluding carboxylic acids is 2. The van der Waals surface area contributed by atoms with Crippen LogP contribution >= 0.6 is 0 Å². The maximum absolute atomic E-state index is 13.1. The van der Waals surface area contributed by atoms with Gasteiger partial charge in [-0.05, 0) is 17.7 Å². The van der Waals surface area contributed by atoms with Crippen molar-refractivity contribution in [3.05, 3.63) is 75.6 Å². The zero-order valence-corrected chi connectivity index (χ0v) is 15.6. The average molecular weight is 388 g/mol. The Morgan fingerprint density at radius 2 is 1.82 bits per heavy atom. The highest BCUT2D eigenvalue weighted by molar-refractivity contribution is 5.81. The Bertz CT molecular complexity index is 854. The summed E-state index contributed by atoms with van der Waals surface area (Å²) >= 11 is 0. The highest BCUT2D eigenvalue weighted by atomic mass is 19.1. The number of rotatable bonds is 8. The van der Waals surface area contributed by atoms with Crippen LogP contribution in [0.3, 0.4) is 0 Å². The predicted octanol–water partition coefficient (Wildman–Crippen LogP) is 3.11. The number of hydrogen-bond acceptors (Lipinski definition) is 5. The van der Waals surface area contributed by atoms with Crippen molar-refractivity contribution in [1.29, 1.82) is 0 Å². The zero-order chi connectivity index (χ0) is 20.7. The van der Waals surface area contributed by atoms with E-state index in [0.717, 1.165) is 0 Å². The molecule has 0 saturated heterocycles. The Balaban J connectivity index is 2.24. The summed E-state index contributed by atoms with van der Waals surface area (Å²) in [4.78, 5) is 36.7. The number of amides is 1. The summed E-state index contributed by atoms with van der Waals surface area (Å²) in [5, 5.41) is 11.2. The molecule has 0 fully saturated rings. The fourth-order valence-electron chi connectivity index (χ4n) is 2.78. The lowest BCUT2D eigenvalue weighted by molar-refractivity contribution is -0.385.